The lowest BCUT2D eigenvalue weighted by Gasteiger charge is -1.96. The highest BCUT2D eigenvalue weighted by Crippen LogP contribution is 2.10. The minimum absolute atomic E-state index is 1.10. The van der Waals surface area contributed by atoms with E-state index in [9.17, 15) is 0 Å². The number of nitrogens with zero attached hydrogens (tertiary/aromatic N) is 1. The standard InChI is InChI=1S/C15H12ClN/c16-10-7-14-4-1-13(2-5-14)3-6-15-8-11-17-12-9-15/h1-12H/b6-3+,10-7+. The van der Waals surface area contributed by atoms with E-state index in [0.29, 0.717) is 0 Å². The summed E-state index contributed by atoms with van der Waals surface area (Å²) in [5.41, 5.74) is 4.92. The van der Waals surface area contributed by atoms with Crippen LogP contribution in [-0.2, 0) is 0 Å². The largest absolute Gasteiger partial charge is 0.265 e. The summed E-state index contributed by atoms with van der Waals surface area (Å²) in [5, 5.41) is 0. The number of aromatic nitrogens is 1. The fourth-order valence-corrected chi connectivity index (χ4v) is 1.60. The minimum atomic E-state index is 1.10. The molecule has 1 aromatic heterocycles. The Balaban J connectivity index is 2.11. The summed E-state index contributed by atoms with van der Waals surface area (Å²) in [6.07, 6.45) is 9.57. The van der Waals surface area contributed by atoms with Gasteiger partial charge in [-0.3, -0.25) is 4.98 Å². The van der Waals surface area contributed by atoms with Crippen molar-refractivity contribution in [3.63, 3.8) is 0 Å². The van der Waals surface area contributed by atoms with Crippen LogP contribution in [0.1, 0.15) is 16.7 Å². The van der Waals surface area contributed by atoms with Crippen LogP contribution in [0.2, 0.25) is 0 Å². The van der Waals surface area contributed by atoms with Gasteiger partial charge in [0, 0.05) is 17.9 Å². The third kappa shape index (κ3) is 3.58. The monoisotopic (exact) mass is 241 g/mol. The number of halogens is 1. The maximum atomic E-state index is 5.52. The summed E-state index contributed by atoms with van der Waals surface area (Å²) < 4.78 is 0. The van der Waals surface area contributed by atoms with Gasteiger partial charge in [-0.25, -0.2) is 0 Å². The first kappa shape index (κ1) is 11.6. The third-order valence-corrected chi connectivity index (χ3v) is 2.49. The normalized spacial score (nSPS) is 11.4. The lowest BCUT2D eigenvalue weighted by Crippen LogP contribution is -1.75. The Kier molecular flexibility index (Phi) is 4.11. The van der Waals surface area contributed by atoms with Gasteiger partial charge in [0.15, 0.2) is 0 Å². The second-order valence-corrected chi connectivity index (χ2v) is 3.83. The van der Waals surface area contributed by atoms with E-state index < -0.39 is 0 Å². The smallest absolute Gasteiger partial charge is 0.0273 e. The van der Waals surface area contributed by atoms with Gasteiger partial charge < -0.3 is 0 Å². The lowest BCUT2D eigenvalue weighted by molar-refractivity contribution is 1.32. The molecule has 0 aliphatic carbocycles. The second-order valence-electron chi connectivity index (χ2n) is 3.57. The van der Waals surface area contributed by atoms with Crippen molar-refractivity contribution in [3.8, 4) is 0 Å². The Morgan fingerprint density at radius 2 is 1.18 bits per heavy atom. The highest BCUT2D eigenvalue weighted by Gasteiger charge is 1.89. The summed E-state index contributed by atoms with van der Waals surface area (Å²) in [5.74, 6) is 0. The minimum Gasteiger partial charge on any atom is -0.265 e. The lowest BCUT2D eigenvalue weighted by atomic mass is 10.1. The predicted molar refractivity (Wildman–Crippen MR) is 74.5 cm³/mol. The molecule has 2 heteroatoms. The van der Waals surface area contributed by atoms with E-state index in [-0.39, 0.29) is 0 Å². The van der Waals surface area contributed by atoms with Crippen molar-refractivity contribution in [2.24, 2.45) is 0 Å². The number of hydrogen-bond donors (Lipinski definition) is 0. The van der Waals surface area contributed by atoms with Gasteiger partial charge in [0.2, 0.25) is 0 Å². The van der Waals surface area contributed by atoms with Crippen LogP contribution in [0.25, 0.3) is 18.2 Å². The molecular weight excluding hydrogens is 230 g/mol. The highest BCUT2D eigenvalue weighted by atomic mass is 35.5. The van der Waals surface area contributed by atoms with E-state index in [4.69, 9.17) is 11.6 Å². The zero-order valence-electron chi connectivity index (χ0n) is 9.25. The second kappa shape index (κ2) is 6.02. The van der Waals surface area contributed by atoms with E-state index in [2.05, 4.69) is 29.3 Å². The quantitative estimate of drug-likeness (QED) is 0.773. The van der Waals surface area contributed by atoms with Crippen LogP contribution in [-0.4, -0.2) is 4.98 Å². The maximum Gasteiger partial charge on any atom is 0.0273 e. The number of hydrogen-bond acceptors (Lipinski definition) is 1. The van der Waals surface area contributed by atoms with Crippen LogP contribution in [0.4, 0.5) is 0 Å². The molecular formula is C15H12ClN. The molecule has 0 aliphatic heterocycles. The van der Waals surface area contributed by atoms with Crippen molar-refractivity contribution in [1.82, 2.24) is 4.98 Å². The van der Waals surface area contributed by atoms with Gasteiger partial charge in [0.05, 0.1) is 0 Å². The highest BCUT2D eigenvalue weighted by molar-refractivity contribution is 6.27. The molecule has 84 valence electrons. The Labute approximate surface area is 106 Å². The van der Waals surface area contributed by atoms with Crippen molar-refractivity contribution in [2.75, 3.05) is 0 Å². The molecule has 1 aromatic carbocycles. The molecule has 0 spiro atoms. The van der Waals surface area contributed by atoms with Crippen molar-refractivity contribution in [2.45, 2.75) is 0 Å². The molecule has 17 heavy (non-hydrogen) atoms. The van der Waals surface area contributed by atoms with Crippen molar-refractivity contribution in [1.29, 1.82) is 0 Å². The molecule has 0 saturated carbocycles. The molecule has 0 bridgehead atoms. The van der Waals surface area contributed by atoms with Crippen LogP contribution in [0.15, 0.2) is 54.3 Å². The van der Waals surface area contributed by atoms with Gasteiger partial charge >= 0.3 is 0 Å². The Morgan fingerprint density at radius 3 is 1.71 bits per heavy atom. The first-order valence-corrected chi connectivity index (χ1v) is 5.77. The van der Waals surface area contributed by atoms with E-state index in [1.165, 1.54) is 5.54 Å². The van der Waals surface area contributed by atoms with Crippen LogP contribution >= 0.6 is 11.6 Å². The number of benzene rings is 1. The summed E-state index contributed by atoms with van der Waals surface area (Å²) >= 11 is 5.52. The molecule has 0 fully saturated rings. The first-order chi connectivity index (χ1) is 8.38. The fourth-order valence-electron chi connectivity index (χ4n) is 1.46. The molecule has 0 atom stereocenters. The Bertz CT molecular complexity index is 512. The van der Waals surface area contributed by atoms with Gasteiger partial charge in [-0.2, -0.15) is 0 Å². The Morgan fingerprint density at radius 1 is 0.706 bits per heavy atom. The fraction of sp³-hybridized carbons (Fsp3) is 0. The number of rotatable bonds is 3. The summed E-state index contributed by atoms with van der Waals surface area (Å²) in [6, 6.07) is 12.1. The molecule has 0 radical (unpaired) electrons. The molecule has 0 unspecified atom stereocenters. The average Bonchev–Trinajstić information content (AvgIpc) is 2.40. The summed E-state index contributed by atoms with van der Waals surface area (Å²) in [4.78, 5) is 3.98. The van der Waals surface area contributed by atoms with Gasteiger partial charge in [0.1, 0.15) is 0 Å². The van der Waals surface area contributed by atoms with Gasteiger partial charge in [0.25, 0.3) is 0 Å². The molecule has 2 rings (SSSR count). The molecule has 2 aromatic rings. The van der Waals surface area contributed by atoms with E-state index in [1.807, 2.05) is 30.3 Å². The van der Waals surface area contributed by atoms with E-state index in [0.717, 1.165) is 16.7 Å². The molecule has 1 heterocycles. The zero-order valence-corrected chi connectivity index (χ0v) is 10.0. The third-order valence-electron chi connectivity index (χ3n) is 2.37. The molecule has 0 N–H and O–H groups in total. The van der Waals surface area contributed by atoms with Crippen molar-refractivity contribution in [3.05, 3.63) is 71.0 Å². The van der Waals surface area contributed by atoms with Crippen LogP contribution in [0.5, 0.6) is 0 Å². The topological polar surface area (TPSA) is 12.9 Å². The van der Waals surface area contributed by atoms with E-state index >= 15 is 0 Å². The summed E-state index contributed by atoms with van der Waals surface area (Å²) in [7, 11) is 0. The number of pyridine rings is 1. The maximum absolute atomic E-state index is 5.52. The predicted octanol–water partition coefficient (Wildman–Crippen LogP) is 4.46. The van der Waals surface area contributed by atoms with Crippen molar-refractivity contribution >= 4 is 29.8 Å². The van der Waals surface area contributed by atoms with Crippen LogP contribution < -0.4 is 0 Å². The average molecular weight is 242 g/mol. The molecule has 0 saturated heterocycles. The molecule has 1 nitrogen and oxygen atoms in total. The van der Waals surface area contributed by atoms with Gasteiger partial charge in [-0.15, -0.1) is 0 Å². The van der Waals surface area contributed by atoms with Crippen LogP contribution in [0.3, 0.4) is 0 Å². The van der Waals surface area contributed by atoms with Crippen molar-refractivity contribution < 1.29 is 0 Å². The van der Waals surface area contributed by atoms with E-state index in [1.54, 1.807) is 12.4 Å². The zero-order chi connectivity index (χ0) is 11.9. The summed E-state index contributed by atoms with van der Waals surface area (Å²) in [6.45, 7) is 0. The van der Waals surface area contributed by atoms with Crippen LogP contribution in [0, 0.1) is 0 Å². The molecule has 0 amide bonds. The first-order valence-electron chi connectivity index (χ1n) is 5.33. The SMILES string of the molecule is Cl/C=C/c1ccc(/C=C/c2ccncc2)cc1. The van der Waals surface area contributed by atoms with Gasteiger partial charge in [-0.05, 0) is 34.9 Å². The Hall–Kier alpha value is -1.86. The molecule has 0 aliphatic rings. The van der Waals surface area contributed by atoms with Gasteiger partial charge in [-0.1, -0.05) is 48.0 Å².